The summed E-state index contributed by atoms with van der Waals surface area (Å²) in [4.78, 5) is 35.2. The molecule has 0 saturated heterocycles. The van der Waals surface area contributed by atoms with Gasteiger partial charge < -0.3 is 14.0 Å². The largest absolute Gasteiger partial charge is 0.464 e. The van der Waals surface area contributed by atoms with E-state index in [0.29, 0.717) is 0 Å². The second-order valence-electron chi connectivity index (χ2n) is 3.20. The highest BCUT2D eigenvalue weighted by atomic mass is 127. The molecule has 0 N–H and O–H groups in total. The predicted molar refractivity (Wildman–Crippen MR) is 79.8 cm³/mol. The minimum Gasteiger partial charge on any atom is -0.464 e. The van der Waals surface area contributed by atoms with Crippen LogP contribution in [-0.4, -0.2) is 30.7 Å². The fourth-order valence-electron chi connectivity index (χ4n) is 1.36. The van der Waals surface area contributed by atoms with E-state index in [1.165, 1.54) is 25.8 Å². The number of aromatic nitrogens is 1. The molecule has 0 bridgehead atoms. The van der Waals surface area contributed by atoms with E-state index in [4.69, 9.17) is 0 Å². The van der Waals surface area contributed by atoms with Crippen molar-refractivity contribution >= 4 is 57.1 Å². The first kappa shape index (κ1) is 15.4. The van der Waals surface area contributed by atoms with Crippen LogP contribution in [0, 0.1) is 7.14 Å². The fraction of sp³-hybridized carbons (Fsp3) is 0.300. The Kier molecular flexibility index (Phi) is 5.13. The highest BCUT2D eigenvalue weighted by Gasteiger charge is 2.26. The number of rotatable bonds is 2. The molecule has 1 aromatic rings. The number of esters is 2. The highest BCUT2D eigenvalue weighted by Crippen LogP contribution is 2.17. The van der Waals surface area contributed by atoms with Gasteiger partial charge in [-0.15, -0.1) is 0 Å². The topological polar surface area (TPSA) is 74.6 Å². The first-order chi connectivity index (χ1) is 8.36. The third-order valence-corrected chi connectivity index (χ3v) is 4.24. The summed E-state index contributed by atoms with van der Waals surface area (Å²) in [5, 5.41) is 0. The standard InChI is InChI=1S/C10H9I2NO5/c1-13-6(9(15)17-2)4(11)8(14)5(12)7(13)10(16)18-3/h1-3H3. The molecule has 0 unspecified atom stereocenters. The van der Waals surface area contributed by atoms with Gasteiger partial charge in [0.2, 0.25) is 5.43 Å². The van der Waals surface area contributed by atoms with Gasteiger partial charge in [0.1, 0.15) is 11.4 Å². The summed E-state index contributed by atoms with van der Waals surface area (Å²) in [5.41, 5.74) is -0.331. The summed E-state index contributed by atoms with van der Waals surface area (Å²) in [6.45, 7) is 0. The zero-order chi connectivity index (χ0) is 14.0. The van der Waals surface area contributed by atoms with E-state index in [1.54, 1.807) is 45.2 Å². The molecule has 8 heteroatoms. The molecule has 0 aromatic carbocycles. The van der Waals surface area contributed by atoms with Gasteiger partial charge in [-0.3, -0.25) is 4.79 Å². The smallest absolute Gasteiger partial charge is 0.355 e. The van der Waals surface area contributed by atoms with Gasteiger partial charge in [-0.2, -0.15) is 0 Å². The first-order valence-electron chi connectivity index (χ1n) is 4.61. The van der Waals surface area contributed by atoms with Crippen LogP contribution in [0.1, 0.15) is 21.0 Å². The number of hydrogen-bond donors (Lipinski definition) is 0. The molecule has 1 heterocycles. The molecular weight excluding hydrogens is 468 g/mol. The van der Waals surface area contributed by atoms with Crippen molar-refractivity contribution in [1.29, 1.82) is 0 Å². The first-order valence-corrected chi connectivity index (χ1v) is 6.77. The van der Waals surface area contributed by atoms with Crippen molar-refractivity contribution < 1.29 is 19.1 Å². The summed E-state index contributed by atoms with van der Waals surface area (Å²) in [6, 6.07) is 0. The summed E-state index contributed by atoms with van der Waals surface area (Å²) in [5.74, 6) is -1.36. The average Bonchev–Trinajstić information content (AvgIpc) is 2.35. The molecule has 0 radical (unpaired) electrons. The van der Waals surface area contributed by atoms with Gasteiger partial charge in [-0.25, -0.2) is 9.59 Å². The van der Waals surface area contributed by atoms with Crippen molar-refractivity contribution in [2.45, 2.75) is 0 Å². The third kappa shape index (κ3) is 2.53. The van der Waals surface area contributed by atoms with Crippen LogP contribution < -0.4 is 5.43 Å². The Labute approximate surface area is 130 Å². The van der Waals surface area contributed by atoms with Gasteiger partial charge >= 0.3 is 11.9 Å². The van der Waals surface area contributed by atoms with Crippen molar-refractivity contribution in [1.82, 2.24) is 4.57 Å². The van der Waals surface area contributed by atoms with Crippen LogP contribution in [0.15, 0.2) is 4.79 Å². The molecule has 98 valence electrons. The van der Waals surface area contributed by atoms with E-state index >= 15 is 0 Å². The molecule has 6 nitrogen and oxygen atoms in total. The van der Waals surface area contributed by atoms with Crippen molar-refractivity contribution in [3.05, 3.63) is 28.8 Å². The van der Waals surface area contributed by atoms with Gasteiger partial charge in [0, 0.05) is 7.05 Å². The van der Waals surface area contributed by atoms with Crippen LogP contribution in [-0.2, 0) is 16.5 Å². The van der Waals surface area contributed by atoms with Crippen LogP contribution in [0.5, 0.6) is 0 Å². The van der Waals surface area contributed by atoms with Gasteiger partial charge in [-0.05, 0) is 45.2 Å². The minimum atomic E-state index is -0.680. The van der Waals surface area contributed by atoms with E-state index < -0.39 is 17.4 Å². The summed E-state index contributed by atoms with van der Waals surface area (Å²) in [6.07, 6.45) is 0. The van der Waals surface area contributed by atoms with Gasteiger partial charge in [0.05, 0.1) is 21.4 Å². The number of ether oxygens (including phenoxy) is 2. The van der Waals surface area contributed by atoms with Gasteiger partial charge in [-0.1, -0.05) is 0 Å². The quantitative estimate of drug-likeness (QED) is 0.473. The van der Waals surface area contributed by atoms with E-state index in [9.17, 15) is 14.4 Å². The van der Waals surface area contributed by atoms with E-state index in [-0.39, 0.29) is 18.5 Å². The molecule has 1 aromatic heterocycles. The monoisotopic (exact) mass is 477 g/mol. The zero-order valence-electron chi connectivity index (χ0n) is 9.74. The maximum atomic E-state index is 12.0. The number of halogens is 2. The van der Waals surface area contributed by atoms with E-state index in [2.05, 4.69) is 9.47 Å². The van der Waals surface area contributed by atoms with Crippen LogP contribution in [0.3, 0.4) is 0 Å². The molecule has 0 amide bonds. The molecule has 0 aliphatic heterocycles. The Balaban J connectivity index is 3.76. The lowest BCUT2D eigenvalue weighted by Crippen LogP contribution is -2.29. The predicted octanol–water partition coefficient (Wildman–Crippen LogP) is 1.17. The third-order valence-electron chi connectivity index (χ3n) is 2.24. The summed E-state index contributed by atoms with van der Waals surface area (Å²) in [7, 11) is 3.92. The second kappa shape index (κ2) is 5.99. The SMILES string of the molecule is COC(=O)c1c(I)c(=O)c(I)c(C(=O)OC)n1C. The van der Waals surface area contributed by atoms with E-state index in [1.807, 2.05) is 0 Å². The maximum absolute atomic E-state index is 12.0. The molecule has 0 fully saturated rings. The van der Waals surface area contributed by atoms with Crippen molar-refractivity contribution in [3.8, 4) is 0 Å². The van der Waals surface area contributed by atoms with Crippen molar-refractivity contribution in [2.24, 2.45) is 7.05 Å². The normalized spacial score (nSPS) is 10.1. The molecule has 0 spiro atoms. The molecule has 0 atom stereocenters. The molecule has 0 aliphatic rings. The fourth-order valence-corrected chi connectivity index (χ4v) is 3.58. The molecular formula is C10H9I2NO5. The lowest BCUT2D eigenvalue weighted by Gasteiger charge is -2.14. The Morgan fingerprint density at radius 1 is 1.00 bits per heavy atom. The number of carbonyl (C=O) groups is 2. The Morgan fingerprint density at radius 3 is 1.61 bits per heavy atom. The molecule has 0 aliphatic carbocycles. The second-order valence-corrected chi connectivity index (χ2v) is 5.35. The maximum Gasteiger partial charge on any atom is 0.355 e. The number of methoxy groups -OCH3 is 2. The molecule has 0 saturated carbocycles. The highest BCUT2D eigenvalue weighted by molar-refractivity contribution is 14.1. The summed E-state index contributed by atoms with van der Waals surface area (Å²) < 4.78 is 10.9. The van der Waals surface area contributed by atoms with Crippen LogP contribution in [0.2, 0.25) is 0 Å². The number of nitrogens with zero attached hydrogens (tertiary/aromatic N) is 1. The number of pyridine rings is 1. The Morgan fingerprint density at radius 2 is 1.33 bits per heavy atom. The molecule has 18 heavy (non-hydrogen) atoms. The Bertz CT molecular complexity index is 532. The van der Waals surface area contributed by atoms with Gasteiger partial charge in [0.15, 0.2) is 0 Å². The molecule has 1 rings (SSSR count). The number of carbonyl (C=O) groups excluding carboxylic acids is 2. The van der Waals surface area contributed by atoms with Crippen LogP contribution >= 0.6 is 45.2 Å². The minimum absolute atomic E-state index is 0.0314. The number of hydrogen-bond acceptors (Lipinski definition) is 5. The van der Waals surface area contributed by atoms with Crippen molar-refractivity contribution in [3.63, 3.8) is 0 Å². The average molecular weight is 477 g/mol. The van der Waals surface area contributed by atoms with E-state index in [0.717, 1.165) is 0 Å². The zero-order valence-corrected chi connectivity index (χ0v) is 14.1. The lowest BCUT2D eigenvalue weighted by molar-refractivity contribution is 0.0573. The Hall–Kier alpha value is -0.650. The van der Waals surface area contributed by atoms with Crippen LogP contribution in [0.4, 0.5) is 0 Å². The lowest BCUT2D eigenvalue weighted by atomic mass is 10.2. The van der Waals surface area contributed by atoms with Gasteiger partial charge in [0.25, 0.3) is 0 Å². The van der Waals surface area contributed by atoms with Crippen molar-refractivity contribution in [2.75, 3.05) is 14.2 Å². The summed E-state index contributed by atoms with van der Waals surface area (Å²) >= 11 is 3.51. The van der Waals surface area contributed by atoms with Crippen LogP contribution in [0.25, 0.3) is 0 Å².